The van der Waals surface area contributed by atoms with Crippen LogP contribution >= 0.6 is 11.6 Å². The second kappa shape index (κ2) is 8.89. The van der Waals surface area contributed by atoms with E-state index < -0.39 is 0 Å². The molecule has 124 valence electrons. The first-order valence-corrected chi connectivity index (χ1v) is 7.98. The molecule has 0 aliphatic heterocycles. The van der Waals surface area contributed by atoms with E-state index >= 15 is 0 Å². The zero-order valence-electron chi connectivity index (χ0n) is 13.3. The molecule has 0 saturated carbocycles. The van der Waals surface area contributed by atoms with Crippen LogP contribution in [0.3, 0.4) is 0 Å². The molecule has 5 heteroatoms. The summed E-state index contributed by atoms with van der Waals surface area (Å²) >= 11 is 6.02. The fourth-order valence-corrected chi connectivity index (χ4v) is 2.13. The Morgan fingerprint density at radius 1 is 1.12 bits per heavy atom. The smallest absolute Gasteiger partial charge is 0.338 e. The minimum Gasteiger partial charge on any atom is -0.462 e. The number of benzene rings is 2. The normalized spacial score (nSPS) is 10.6. The second-order valence-corrected chi connectivity index (χ2v) is 5.46. The van der Waals surface area contributed by atoms with E-state index in [0.717, 1.165) is 12.0 Å². The molecule has 0 bridgehead atoms. The van der Waals surface area contributed by atoms with E-state index in [4.69, 9.17) is 16.3 Å². The number of anilines is 1. The highest BCUT2D eigenvalue weighted by Crippen LogP contribution is 2.16. The van der Waals surface area contributed by atoms with Gasteiger partial charge >= 0.3 is 5.97 Å². The predicted molar refractivity (Wildman–Crippen MR) is 96.1 cm³/mol. The lowest BCUT2D eigenvalue weighted by Crippen LogP contribution is -2.09. The van der Waals surface area contributed by atoms with Gasteiger partial charge in [0.25, 0.3) is 0 Å². The molecule has 0 unspecified atom stereocenters. The molecule has 0 aliphatic rings. The Morgan fingerprint density at radius 2 is 1.83 bits per heavy atom. The maximum absolute atomic E-state index is 11.9. The van der Waals surface area contributed by atoms with Crippen LogP contribution < -0.4 is 5.32 Å². The van der Waals surface area contributed by atoms with Crippen molar-refractivity contribution in [3.63, 3.8) is 0 Å². The van der Waals surface area contributed by atoms with Gasteiger partial charge in [-0.05, 0) is 48.4 Å². The Hall–Kier alpha value is -2.59. The molecule has 4 nitrogen and oxygen atoms in total. The summed E-state index contributed by atoms with van der Waals surface area (Å²) in [6, 6.07) is 13.8. The van der Waals surface area contributed by atoms with Gasteiger partial charge in [0.2, 0.25) is 5.91 Å². The molecule has 0 atom stereocenters. The van der Waals surface area contributed by atoms with Gasteiger partial charge < -0.3 is 10.1 Å². The number of carbonyl (C=O) groups excluding carboxylic acids is 2. The van der Waals surface area contributed by atoms with E-state index in [1.807, 2.05) is 25.1 Å². The number of halogens is 1. The summed E-state index contributed by atoms with van der Waals surface area (Å²) in [4.78, 5) is 23.6. The Morgan fingerprint density at radius 3 is 2.50 bits per heavy atom. The minimum absolute atomic E-state index is 0.281. The number of esters is 1. The summed E-state index contributed by atoms with van der Waals surface area (Å²) in [7, 11) is 0. The third kappa shape index (κ3) is 5.25. The third-order valence-electron chi connectivity index (χ3n) is 3.14. The molecule has 2 aromatic rings. The molecular weight excluding hydrogens is 326 g/mol. The molecule has 0 heterocycles. The average molecular weight is 344 g/mol. The quantitative estimate of drug-likeness (QED) is 0.618. The minimum atomic E-state index is -0.367. The molecule has 2 aromatic carbocycles. The van der Waals surface area contributed by atoms with Crippen molar-refractivity contribution in [3.05, 3.63) is 70.8 Å². The lowest BCUT2D eigenvalue weighted by molar-refractivity contribution is -0.111. The van der Waals surface area contributed by atoms with E-state index in [1.54, 1.807) is 36.4 Å². The van der Waals surface area contributed by atoms with Gasteiger partial charge in [0.15, 0.2) is 0 Å². The van der Waals surface area contributed by atoms with Crippen LogP contribution in [0.4, 0.5) is 5.69 Å². The molecule has 0 fully saturated rings. The summed E-state index contributed by atoms with van der Waals surface area (Å²) in [5, 5.41) is 3.30. The SMILES string of the molecule is CCCOC(=O)c1ccc(NC(=O)C=Cc2ccccc2Cl)cc1. The number of carbonyl (C=O) groups is 2. The topological polar surface area (TPSA) is 55.4 Å². The standard InChI is InChI=1S/C19H18ClNO3/c1-2-13-24-19(23)15-7-10-16(11-8-15)21-18(22)12-9-14-5-3-4-6-17(14)20/h3-12H,2,13H2,1H3,(H,21,22). The summed E-state index contributed by atoms with van der Waals surface area (Å²) in [5.41, 5.74) is 1.81. The highest BCUT2D eigenvalue weighted by Gasteiger charge is 2.06. The monoisotopic (exact) mass is 343 g/mol. The van der Waals surface area contributed by atoms with E-state index in [1.165, 1.54) is 6.08 Å². The van der Waals surface area contributed by atoms with Gasteiger partial charge in [0, 0.05) is 16.8 Å². The lowest BCUT2D eigenvalue weighted by atomic mass is 10.2. The van der Waals surface area contributed by atoms with Crippen molar-refractivity contribution in [3.8, 4) is 0 Å². The molecule has 1 N–H and O–H groups in total. The van der Waals surface area contributed by atoms with E-state index in [2.05, 4.69) is 5.32 Å². The van der Waals surface area contributed by atoms with Gasteiger partial charge in [-0.2, -0.15) is 0 Å². The van der Waals surface area contributed by atoms with Crippen molar-refractivity contribution >= 4 is 35.2 Å². The van der Waals surface area contributed by atoms with Gasteiger partial charge in [-0.15, -0.1) is 0 Å². The van der Waals surface area contributed by atoms with E-state index in [-0.39, 0.29) is 11.9 Å². The Kier molecular flexibility index (Phi) is 6.58. The summed E-state index contributed by atoms with van der Waals surface area (Å²) in [6.07, 6.45) is 3.83. The number of nitrogens with one attached hydrogen (secondary N) is 1. The van der Waals surface area contributed by atoms with Gasteiger partial charge in [0.05, 0.1) is 12.2 Å². The lowest BCUT2D eigenvalue weighted by Gasteiger charge is -2.05. The van der Waals surface area contributed by atoms with Crippen molar-refractivity contribution in [2.45, 2.75) is 13.3 Å². The van der Waals surface area contributed by atoms with Crippen LogP contribution in [0.25, 0.3) is 6.08 Å². The Labute approximate surface area is 146 Å². The maximum Gasteiger partial charge on any atom is 0.338 e. The number of ether oxygens (including phenoxy) is 1. The summed E-state index contributed by atoms with van der Waals surface area (Å²) in [6.45, 7) is 2.33. The molecule has 0 aromatic heterocycles. The maximum atomic E-state index is 11.9. The third-order valence-corrected chi connectivity index (χ3v) is 3.49. The number of rotatable bonds is 6. The molecule has 0 spiro atoms. The van der Waals surface area contributed by atoms with Gasteiger partial charge in [-0.1, -0.05) is 36.7 Å². The Bertz CT molecular complexity index is 739. The molecule has 1 amide bonds. The zero-order valence-corrected chi connectivity index (χ0v) is 14.0. The van der Waals surface area contributed by atoms with Crippen molar-refractivity contribution in [1.82, 2.24) is 0 Å². The van der Waals surface area contributed by atoms with Crippen LogP contribution in [-0.4, -0.2) is 18.5 Å². The molecule has 2 rings (SSSR count). The summed E-state index contributed by atoms with van der Waals surface area (Å²) < 4.78 is 5.05. The van der Waals surface area contributed by atoms with Crippen LogP contribution in [-0.2, 0) is 9.53 Å². The van der Waals surface area contributed by atoms with Crippen molar-refractivity contribution in [2.24, 2.45) is 0 Å². The average Bonchev–Trinajstić information content (AvgIpc) is 2.59. The molecule has 0 aliphatic carbocycles. The van der Waals surface area contributed by atoms with Crippen LogP contribution in [0.1, 0.15) is 29.3 Å². The molecular formula is C19H18ClNO3. The fourth-order valence-electron chi connectivity index (χ4n) is 1.93. The Balaban J connectivity index is 1.95. The van der Waals surface area contributed by atoms with E-state index in [9.17, 15) is 9.59 Å². The van der Waals surface area contributed by atoms with Gasteiger partial charge in [-0.3, -0.25) is 4.79 Å². The first kappa shape index (κ1) is 17.8. The van der Waals surface area contributed by atoms with Crippen LogP contribution in [0.2, 0.25) is 5.02 Å². The molecule has 24 heavy (non-hydrogen) atoms. The highest BCUT2D eigenvalue weighted by atomic mass is 35.5. The first-order chi connectivity index (χ1) is 11.6. The van der Waals surface area contributed by atoms with E-state index in [0.29, 0.717) is 22.9 Å². The molecule has 0 saturated heterocycles. The number of hydrogen-bond donors (Lipinski definition) is 1. The van der Waals surface area contributed by atoms with Crippen LogP contribution in [0.15, 0.2) is 54.6 Å². The first-order valence-electron chi connectivity index (χ1n) is 7.61. The van der Waals surface area contributed by atoms with Crippen molar-refractivity contribution in [1.29, 1.82) is 0 Å². The number of hydrogen-bond acceptors (Lipinski definition) is 3. The molecule has 0 radical (unpaired) electrons. The predicted octanol–water partition coefficient (Wildman–Crippen LogP) is 4.56. The number of amides is 1. The zero-order chi connectivity index (χ0) is 17.4. The van der Waals surface area contributed by atoms with Gasteiger partial charge in [-0.25, -0.2) is 4.79 Å². The largest absolute Gasteiger partial charge is 0.462 e. The summed E-state index contributed by atoms with van der Waals surface area (Å²) in [5.74, 6) is -0.649. The second-order valence-electron chi connectivity index (χ2n) is 5.06. The van der Waals surface area contributed by atoms with Crippen LogP contribution in [0, 0.1) is 0 Å². The van der Waals surface area contributed by atoms with Gasteiger partial charge in [0.1, 0.15) is 0 Å². The van der Waals surface area contributed by atoms with Crippen molar-refractivity contribution in [2.75, 3.05) is 11.9 Å². The van der Waals surface area contributed by atoms with Crippen molar-refractivity contribution < 1.29 is 14.3 Å². The highest BCUT2D eigenvalue weighted by molar-refractivity contribution is 6.32. The fraction of sp³-hybridized carbons (Fsp3) is 0.158. The van der Waals surface area contributed by atoms with Crippen LogP contribution in [0.5, 0.6) is 0 Å².